The molecule has 0 aromatic carbocycles. The van der Waals surface area contributed by atoms with E-state index < -0.39 is 0 Å². The van der Waals surface area contributed by atoms with Gasteiger partial charge in [-0.15, -0.1) is 11.3 Å². The average Bonchev–Trinajstić information content (AvgIpc) is 3.03. The molecule has 4 rings (SSSR count). The fourth-order valence-electron chi connectivity index (χ4n) is 2.91. The minimum atomic E-state index is 0.218. The second kappa shape index (κ2) is 4.21. The lowest BCUT2D eigenvalue weighted by Crippen LogP contribution is -2.15. The smallest absolute Gasteiger partial charge is 0.193 e. The van der Waals surface area contributed by atoms with E-state index in [1.165, 1.54) is 17.5 Å². The molecule has 1 atom stereocenters. The summed E-state index contributed by atoms with van der Waals surface area (Å²) in [5, 5.41) is 2.06. The Morgan fingerprint density at radius 3 is 3.16 bits per heavy atom. The Bertz CT molecular complexity index is 692. The Hall–Kier alpha value is -1.59. The molecule has 0 fully saturated rings. The molecule has 0 amide bonds. The highest BCUT2D eigenvalue weighted by molar-refractivity contribution is 7.15. The molecule has 5 heteroatoms. The van der Waals surface area contributed by atoms with Gasteiger partial charge in [-0.25, -0.2) is 4.98 Å². The van der Waals surface area contributed by atoms with Crippen molar-refractivity contribution in [2.75, 3.05) is 0 Å². The summed E-state index contributed by atoms with van der Waals surface area (Å²) in [5.41, 5.74) is 10.0. The van der Waals surface area contributed by atoms with Gasteiger partial charge in [0.1, 0.15) is 0 Å². The van der Waals surface area contributed by atoms with Crippen molar-refractivity contribution in [2.24, 2.45) is 5.73 Å². The maximum atomic E-state index is 6.17. The van der Waals surface area contributed by atoms with Gasteiger partial charge in [-0.3, -0.25) is 4.40 Å². The molecule has 0 saturated heterocycles. The number of rotatable bonds is 2. The molecule has 1 aliphatic carbocycles. The Kier molecular flexibility index (Phi) is 2.50. The number of fused-ring (bicyclic) bond motifs is 2. The lowest BCUT2D eigenvalue weighted by molar-refractivity contribution is 0.573. The first kappa shape index (κ1) is 11.3. The minimum Gasteiger partial charge on any atom is -0.348 e. The van der Waals surface area contributed by atoms with Crippen LogP contribution in [0.15, 0.2) is 30.2 Å². The van der Waals surface area contributed by atoms with E-state index in [1.54, 1.807) is 11.3 Å². The van der Waals surface area contributed by atoms with Crippen molar-refractivity contribution in [1.29, 1.82) is 0 Å². The largest absolute Gasteiger partial charge is 0.348 e. The number of hydrogen-bond acceptors (Lipinski definition) is 3. The summed E-state index contributed by atoms with van der Waals surface area (Å²) in [4.78, 5) is 5.68. The normalized spacial score (nSPS) is 18.9. The first-order valence-corrected chi connectivity index (χ1v) is 7.53. The lowest BCUT2D eigenvalue weighted by Gasteiger charge is -2.17. The van der Waals surface area contributed by atoms with Gasteiger partial charge in [0.2, 0.25) is 0 Å². The number of thiazole rings is 1. The molecule has 3 aromatic rings. The maximum Gasteiger partial charge on any atom is 0.193 e. The maximum absolute atomic E-state index is 6.17. The molecular formula is C14H16N4S. The summed E-state index contributed by atoms with van der Waals surface area (Å²) in [6.07, 6.45) is 12.1. The Labute approximate surface area is 115 Å². The molecular weight excluding hydrogens is 256 g/mol. The monoisotopic (exact) mass is 272 g/mol. The Morgan fingerprint density at radius 1 is 1.37 bits per heavy atom. The Balaban J connectivity index is 1.64. The van der Waals surface area contributed by atoms with E-state index in [1.807, 2.05) is 6.20 Å². The summed E-state index contributed by atoms with van der Waals surface area (Å²) in [7, 11) is 0. The van der Waals surface area contributed by atoms with E-state index in [2.05, 4.69) is 37.9 Å². The van der Waals surface area contributed by atoms with E-state index in [-0.39, 0.29) is 6.04 Å². The highest BCUT2D eigenvalue weighted by atomic mass is 32.1. The van der Waals surface area contributed by atoms with Crippen molar-refractivity contribution in [3.05, 3.63) is 47.0 Å². The van der Waals surface area contributed by atoms with Gasteiger partial charge < -0.3 is 10.3 Å². The average molecular weight is 272 g/mol. The molecule has 0 radical (unpaired) electrons. The fraction of sp³-hybridized carbons (Fsp3) is 0.357. The zero-order chi connectivity index (χ0) is 12.8. The molecule has 4 nitrogen and oxygen atoms in total. The molecule has 3 aromatic heterocycles. The molecule has 3 heterocycles. The molecule has 0 bridgehead atoms. The highest BCUT2D eigenvalue weighted by Gasteiger charge is 2.18. The van der Waals surface area contributed by atoms with Crippen molar-refractivity contribution in [1.82, 2.24) is 14.0 Å². The van der Waals surface area contributed by atoms with Crippen LogP contribution in [-0.4, -0.2) is 14.0 Å². The van der Waals surface area contributed by atoms with Crippen molar-refractivity contribution in [2.45, 2.75) is 31.8 Å². The van der Waals surface area contributed by atoms with Gasteiger partial charge in [-0.2, -0.15) is 0 Å². The SMILES string of the molecule is NC1CCCc2cn(Cc3cn4ccsc4n3)cc21. The van der Waals surface area contributed by atoms with Crippen LogP contribution in [0.4, 0.5) is 0 Å². The van der Waals surface area contributed by atoms with Crippen LogP contribution in [0.3, 0.4) is 0 Å². The van der Waals surface area contributed by atoms with E-state index in [0.29, 0.717) is 0 Å². The fourth-order valence-corrected chi connectivity index (χ4v) is 3.63. The number of aromatic nitrogens is 3. The number of imidazole rings is 1. The van der Waals surface area contributed by atoms with Crippen molar-refractivity contribution in [3.8, 4) is 0 Å². The highest BCUT2D eigenvalue weighted by Crippen LogP contribution is 2.28. The zero-order valence-corrected chi connectivity index (χ0v) is 11.4. The standard InChI is InChI=1S/C14H16N4S/c15-13-3-1-2-10-6-17(9-12(10)13)7-11-8-18-4-5-19-14(18)16-11/h4-6,8-9,13H,1-3,7,15H2. The molecule has 2 N–H and O–H groups in total. The van der Waals surface area contributed by atoms with Crippen molar-refractivity contribution >= 4 is 16.3 Å². The van der Waals surface area contributed by atoms with Crippen LogP contribution in [0, 0.1) is 0 Å². The molecule has 0 saturated carbocycles. The predicted octanol–water partition coefficient (Wildman–Crippen LogP) is 2.58. The lowest BCUT2D eigenvalue weighted by atomic mass is 9.92. The predicted molar refractivity (Wildman–Crippen MR) is 76.5 cm³/mol. The molecule has 1 aliphatic rings. The second-order valence-electron chi connectivity index (χ2n) is 5.23. The quantitative estimate of drug-likeness (QED) is 0.779. The number of nitrogens with zero attached hydrogens (tertiary/aromatic N) is 3. The van der Waals surface area contributed by atoms with Crippen LogP contribution >= 0.6 is 11.3 Å². The first-order chi connectivity index (χ1) is 9.29. The summed E-state index contributed by atoms with van der Waals surface area (Å²) >= 11 is 1.67. The van der Waals surface area contributed by atoms with E-state index in [4.69, 9.17) is 5.73 Å². The summed E-state index contributed by atoms with van der Waals surface area (Å²) in [6, 6.07) is 0.218. The van der Waals surface area contributed by atoms with E-state index in [0.717, 1.165) is 30.0 Å². The topological polar surface area (TPSA) is 48.2 Å². The second-order valence-corrected chi connectivity index (χ2v) is 6.11. The zero-order valence-electron chi connectivity index (χ0n) is 10.6. The van der Waals surface area contributed by atoms with Gasteiger partial charge in [0, 0.05) is 36.2 Å². The van der Waals surface area contributed by atoms with Crippen LogP contribution in [0.25, 0.3) is 4.96 Å². The van der Waals surface area contributed by atoms with E-state index in [9.17, 15) is 0 Å². The van der Waals surface area contributed by atoms with Crippen LogP contribution in [0.2, 0.25) is 0 Å². The van der Waals surface area contributed by atoms with Crippen LogP contribution in [-0.2, 0) is 13.0 Å². The van der Waals surface area contributed by atoms with Gasteiger partial charge in [0.05, 0.1) is 12.2 Å². The van der Waals surface area contributed by atoms with Gasteiger partial charge in [-0.05, 0) is 30.4 Å². The Morgan fingerprint density at radius 2 is 2.32 bits per heavy atom. The van der Waals surface area contributed by atoms with E-state index >= 15 is 0 Å². The minimum absolute atomic E-state index is 0.218. The number of nitrogens with two attached hydrogens (primary N) is 1. The third kappa shape index (κ3) is 1.89. The first-order valence-electron chi connectivity index (χ1n) is 6.65. The molecule has 1 unspecified atom stereocenters. The van der Waals surface area contributed by atoms with Crippen molar-refractivity contribution < 1.29 is 0 Å². The molecule has 0 aliphatic heterocycles. The van der Waals surface area contributed by atoms with Crippen molar-refractivity contribution in [3.63, 3.8) is 0 Å². The van der Waals surface area contributed by atoms with Gasteiger partial charge in [0.15, 0.2) is 4.96 Å². The van der Waals surface area contributed by atoms with Gasteiger partial charge in [0.25, 0.3) is 0 Å². The molecule has 19 heavy (non-hydrogen) atoms. The van der Waals surface area contributed by atoms with Crippen LogP contribution in [0.1, 0.15) is 35.7 Å². The summed E-state index contributed by atoms with van der Waals surface area (Å²) in [5.74, 6) is 0. The third-order valence-electron chi connectivity index (χ3n) is 3.85. The number of hydrogen-bond donors (Lipinski definition) is 1. The number of aryl methyl sites for hydroxylation is 1. The molecule has 0 spiro atoms. The van der Waals surface area contributed by atoms with Crippen LogP contribution in [0.5, 0.6) is 0 Å². The van der Waals surface area contributed by atoms with Gasteiger partial charge >= 0.3 is 0 Å². The molecule has 98 valence electrons. The van der Waals surface area contributed by atoms with Gasteiger partial charge in [-0.1, -0.05) is 0 Å². The third-order valence-corrected chi connectivity index (χ3v) is 4.62. The summed E-state index contributed by atoms with van der Waals surface area (Å²) in [6.45, 7) is 0.828. The summed E-state index contributed by atoms with van der Waals surface area (Å²) < 4.78 is 4.30. The van der Waals surface area contributed by atoms with Crippen LogP contribution < -0.4 is 5.73 Å².